The van der Waals surface area contributed by atoms with Crippen LogP contribution in [-0.4, -0.2) is 319 Å². The van der Waals surface area contributed by atoms with Crippen molar-refractivity contribution in [1.82, 2.24) is 88.0 Å². The number of phenolic OH excluding ortho intramolecular Hbond substituents is 1. The summed E-state index contributed by atoms with van der Waals surface area (Å²) in [6, 6.07) is -2.91. The first-order valence-electron chi connectivity index (χ1n) is 41.7. The molecule has 17 amide bonds. The number of fused-ring (bicyclic) bond motifs is 4. The smallest absolute Gasteiger partial charge is 0.246 e. The van der Waals surface area contributed by atoms with Crippen molar-refractivity contribution in [2.75, 3.05) is 77.4 Å². The minimum Gasteiger partial charge on any atom is -0.508 e. The molecule has 44 heteroatoms. The van der Waals surface area contributed by atoms with Gasteiger partial charge in [0.1, 0.15) is 90.3 Å². The van der Waals surface area contributed by atoms with Gasteiger partial charge in [0.2, 0.25) is 100 Å². The topological polar surface area (TPSA) is 649 Å². The van der Waals surface area contributed by atoms with Crippen molar-refractivity contribution in [3.63, 3.8) is 0 Å². The summed E-state index contributed by atoms with van der Waals surface area (Å²) in [7, 11) is 3.77. The summed E-state index contributed by atoms with van der Waals surface area (Å²) in [6.07, 6.45) is 1.46. The maximum Gasteiger partial charge on any atom is 0.246 e. The lowest BCUT2D eigenvalue weighted by Gasteiger charge is -2.34. The van der Waals surface area contributed by atoms with Crippen LogP contribution in [0, 0.1) is 5.41 Å². The Labute approximate surface area is 736 Å². The van der Waals surface area contributed by atoms with Gasteiger partial charge in [-0.3, -0.25) is 86.9 Å². The third kappa shape index (κ3) is 27.0. The summed E-state index contributed by atoms with van der Waals surface area (Å²) in [6.45, 7) is 2.38. The number of aliphatic hydroxyl groups excluding tert-OH is 3. The summed E-state index contributed by atoms with van der Waals surface area (Å²) in [4.78, 5) is 254. The Morgan fingerprint density at radius 3 is 1.91 bits per heavy atom. The molecule has 5 heterocycles. The Hall–Kier alpha value is -13.0. The zero-order valence-corrected chi connectivity index (χ0v) is 72.5. The molecule has 2 unspecified atom stereocenters. The van der Waals surface area contributed by atoms with E-state index in [4.69, 9.17) is 22.6 Å². The summed E-state index contributed by atoms with van der Waals surface area (Å²) in [5.41, 5.74) is 19.2. The number of guanidine groups is 1. The van der Waals surface area contributed by atoms with E-state index >= 15 is 19.2 Å². The van der Waals surface area contributed by atoms with E-state index < -0.39 is 260 Å². The number of nitrogens with one attached hydrogen (secondary N) is 14. The second-order valence-corrected chi connectivity index (χ2v) is 32.8. The fourth-order valence-electron chi connectivity index (χ4n) is 15.3. The molecule has 690 valence electrons. The number of hydrogen-bond donors (Lipinski definition) is 21. The van der Waals surface area contributed by atoms with E-state index in [9.17, 15) is 82.8 Å². The first-order chi connectivity index (χ1) is 60.4. The Morgan fingerprint density at radius 2 is 1.22 bits per heavy atom. The van der Waals surface area contributed by atoms with E-state index in [-0.39, 0.29) is 70.2 Å². The van der Waals surface area contributed by atoms with E-state index in [1.807, 2.05) is 0 Å². The Morgan fingerprint density at radius 1 is 0.591 bits per heavy atom. The van der Waals surface area contributed by atoms with Crippen LogP contribution in [0.3, 0.4) is 0 Å². The van der Waals surface area contributed by atoms with Crippen molar-refractivity contribution < 1.29 is 102 Å². The number of likely N-dealkylation sites (N-methyl/N-ethyl adjacent to an activating group) is 3. The van der Waals surface area contributed by atoms with Crippen LogP contribution in [0.4, 0.5) is 5.69 Å². The predicted octanol–water partition coefficient (Wildman–Crippen LogP) is -5.71. The highest BCUT2D eigenvalue weighted by atomic mass is 32.2. The molecule has 24 N–H and O–H groups in total. The molecule has 4 aromatic rings. The van der Waals surface area contributed by atoms with Gasteiger partial charge in [-0.25, -0.2) is 0 Å². The van der Waals surface area contributed by atoms with Gasteiger partial charge in [-0.15, -0.1) is 11.8 Å². The monoisotopic (exact) mass is 1790 g/mol. The van der Waals surface area contributed by atoms with Gasteiger partial charge in [0, 0.05) is 101 Å². The van der Waals surface area contributed by atoms with Crippen LogP contribution in [0.25, 0.3) is 10.9 Å². The summed E-state index contributed by atoms with van der Waals surface area (Å²) < 4.78 is 0. The van der Waals surface area contributed by atoms with Gasteiger partial charge in [-0.2, -0.15) is 0 Å². The second-order valence-electron chi connectivity index (χ2n) is 31.7. The summed E-state index contributed by atoms with van der Waals surface area (Å²) in [5, 5.41) is 82.2. The van der Waals surface area contributed by atoms with Gasteiger partial charge < -0.3 is 131 Å². The zero-order valence-electron chi connectivity index (χ0n) is 71.6. The number of amides is 17. The quantitative estimate of drug-likeness (QED) is 0.0223. The number of hydrogen-bond acceptors (Lipinski definition) is 24. The number of aliphatic hydroxyl groups is 3. The number of primary amides is 2. The molecule has 4 aliphatic heterocycles. The molecule has 3 aromatic carbocycles. The third-order valence-electron chi connectivity index (χ3n) is 22.6. The van der Waals surface area contributed by atoms with Crippen LogP contribution in [0.15, 0.2) is 91.3 Å². The molecule has 127 heavy (non-hydrogen) atoms. The molecule has 3 fully saturated rings. The Bertz CT molecular complexity index is 4730. The predicted molar refractivity (Wildman–Crippen MR) is 461 cm³/mol. The number of unbranched alkanes of at least 4 members (excludes halogenated alkanes) is 1. The van der Waals surface area contributed by atoms with E-state index in [1.165, 1.54) is 72.4 Å². The van der Waals surface area contributed by atoms with Crippen molar-refractivity contribution in [3.05, 3.63) is 108 Å². The first kappa shape index (κ1) is 99.5. The number of benzene rings is 3. The zero-order chi connectivity index (χ0) is 93.2. The van der Waals surface area contributed by atoms with Crippen LogP contribution < -0.4 is 81.0 Å². The molecule has 0 radical (unpaired) electrons. The maximum atomic E-state index is 15.2. The van der Waals surface area contributed by atoms with E-state index in [0.29, 0.717) is 39.7 Å². The highest BCUT2D eigenvalue weighted by Crippen LogP contribution is 2.34. The number of para-hydroxylation sites is 2. The summed E-state index contributed by atoms with van der Waals surface area (Å²) >= 11 is 0.751. The second kappa shape index (κ2) is 46.8. The fourth-order valence-corrected chi connectivity index (χ4v) is 16.1. The number of aromatic amines is 1. The van der Waals surface area contributed by atoms with Gasteiger partial charge >= 0.3 is 0 Å². The van der Waals surface area contributed by atoms with Gasteiger partial charge in [0.15, 0.2) is 5.96 Å². The van der Waals surface area contributed by atoms with E-state index in [2.05, 4.69) is 68.8 Å². The molecule has 0 bridgehead atoms. The minimum atomic E-state index is -1.89. The van der Waals surface area contributed by atoms with Crippen molar-refractivity contribution in [3.8, 4) is 5.75 Å². The SMILES string of the molecule is CCCC[C@H]1C(=O)N[C@@H](CC(N)=O)C(=O)N2CCC[C@H]2C(=O)N[C@@H](CO)C(=O)N[C@@H](CCO)C(=O)N2C[C@H](O)C[C@H]2C(=O)N[C@@H](C2C=CNc3ccccc32)C(=O)N[C@@H](C)C(=O)N[C@@H](Cc2c[nH]c3ccccc23)C(=O)N(C)[C@@H](C)C(=O)N(C)[C@@H](C)C(=O)N[C@@H](CCCNC(=N)N)C(=O)NC(C(=O)NCC(N)=O)CSCC(=O)N[C@@H](Cc2ccc(O)cc2)C(=O)N1C. The number of nitrogens with two attached hydrogens (primary N) is 3. The molecule has 0 saturated carbocycles. The van der Waals surface area contributed by atoms with Crippen molar-refractivity contribution >= 4 is 135 Å². The largest absolute Gasteiger partial charge is 0.508 e. The average Bonchev–Trinajstić information content (AvgIpc) is 1.77. The molecule has 43 nitrogen and oxygen atoms in total. The van der Waals surface area contributed by atoms with Crippen LogP contribution >= 0.6 is 11.8 Å². The number of anilines is 1. The highest BCUT2D eigenvalue weighted by Gasteiger charge is 2.47. The number of nitrogens with zero attached hydrogens (tertiary/aromatic N) is 5. The highest BCUT2D eigenvalue weighted by molar-refractivity contribution is 8.00. The van der Waals surface area contributed by atoms with Gasteiger partial charge in [-0.05, 0) is 106 Å². The molecule has 3 saturated heterocycles. The number of H-pyrrole nitrogens is 1. The number of carbonyl (C=O) groups is 17. The molecular formula is C83H116N22O21S. The third-order valence-corrected chi connectivity index (χ3v) is 23.6. The van der Waals surface area contributed by atoms with Crippen molar-refractivity contribution in [2.45, 2.75) is 201 Å². The first-order valence-corrected chi connectivity index (χ1v) is 42.9. The lowest BCUT2D eigenvalue weighted by molar-refractivity contribution is -0.148. The van der Waals surface area contributed by atoms with Crippen LogP contribution in [0.1, 0.15) is 115 Å². The molecule has 1 aromatic heterocycles. The van der Waals surface area contributed by atoms with Crippen LogP contribution in [0.5, 0.6) is 5.75 Å². The lowest BCUT2D eigenvalue weighted by Crippen LogP contribution is -2.61. The van der Waals surface area contributed by atoms with Crippen LogP contribution in [0.2, 0.25) is 0 Å². The number of phenols is 1. The number of aromatic nitrogens is 1. The Balaban J connectivity index is 1.15. The standard InChI is InChI=1S/C83H116N22O21S/c1-8-9-21-62-74(118)97-59(36-65(84)110)82(126)104-31-15-22-63(104)75(119)98-60(40-107)73(117)95-56(28-32-106)81(125)105-39-49(109)35-64(105)76(120)100-68(52-27-30-88-54-19-13-11-17-51(52)54)77(121)92-43(2)69(113)96-58(34-47-37-90-53-18-12-10-16-50(47)53)79(123)102(6)45(4)78(122)101(5)44(3)70(114)94-55(20-14-29-89-83(86)87)72(116)99-61(71(115)91-38-66(85)111)41-127-42-67(112)93-57(80(124)103(62)7)33-46-23-25-48(108)26-24-46/h10-13,16-19,23-27,30,37,43-45,49,52,55-64,68,88,90,106-109H,8-9,14-15,20-22,28-29,31-36,38-42H2,1-7H3,(H2,84,110)(H2,85,111)(H,91,115)(H,92,121)(H,93,112)(H,94,114)(H,95,117)(H,96,113)(H,97,118)(H,98,119)(H,99,116)(H,100,120)(H4,86,87,89)/t43-,44-,45-,49+,52?,55-,56-,57-,58-,59-,60-,61?,62-,63-,64-,68-/m0/s1. The number of carbonyl (C=O) groups excluding carboxylic acids is 17. The molecule has 4 aliphatic rings. The van der Waals surface area contributed by atoms with E-state index in [1.54, 1.807) is 67.7 Å². The molecular weight excluding hydrogens is 1670 g/mol. The minimum absolute atomic E-state index is 0.0154. The number of aromatic hydroxyl groups is 1. The molecule has 0 spiro atoms. The van der Waals surface area contributed by atoms with Gasteiger partial charge in [0.05, 0.1) is 31.4 Å². The number of rotatable bonds is 20. The van der Waals surface area contributed by atoms with E-state index in [0.717, 1.165) is 36.3 Å². The molecule has 0 aliphatic carbocycles. The maximum absolute atomic E-state index is 15.2. The van der Waals surface area contributed by atoms with Gasteiger partial charge in [0.25, 0.3) is 0 Å². The Kier molecular flexibility index (Phi) is 36.7. The molecule has 16 atom stereocenters. The van der Waals surface area contributed by atoms with Crippen LogP contribution in [-0.2, 0) is 94.3 Å². The van der Waals surface area contributed by atoms with Crippen molar-refractivity contribution in [2.24, 2.45) is 17.2 Å². The summed E-state index contributed by atoms with van der Waals surface area (Å²) in [5.74, 6) is -19.3. The van der Waals surface area contributed by atoms with Gasteiger partial charge in [-0.1, -0.05) is 74.4 Å². The lowest BCUT2D eigenvalue weighted by atomic mass is 9.87. The number of thioether (sulfide) groups is 1. The molecule has 8 rings (SSSR count). The fraction of sp³-hybridized carbons (Fsp3) is 0.518. The average molecular weight is 1790 g/mol. The normalized spacial score (nSPS) is 26.4. The van der Waals surface area contributed by atoms with Crippen molar-refractivity contribution in [1.29, 1.82) is 5.41 Å².